The average molecular weight is 464 g/mol. The number of fused-ring (bicyclic) bond motifs is 1. The van der Waals surface area contributed by atoms with E-state index in [1.165, 1.54) is 6.07 Å². The number of phenols is 4. The van der Waals surface area contributed by atoms with Crippen molar-refractivity contribution in [2.45, 2.75) is 30.7 Å². The van der Waals surface area contributed by atoms with Gasteiger partial charge < -0.3 is 54.7 Å². The summed E-state index contributed by atoms with van der Waals surface area (Å²) in [6, 6.07) is 5.49. The lowest BCUT2D eigenvalue weighted by Crippen LogP contribution is -2.58. The molecule has 1 fully saturated rings. The molecular weight excluding hydrogens is 444 g/mol. The molecule has 0 amide bonds. The Balaban J connectivity index is 1.81. The molecule has 0 saturated carbocycles. The number of phenolic OH excluding ortho intramolecular Hbond substituents is 4. The molecule has 4 rings (SSSR count). The zero-order valence-corrected chi connectivity index (χ0v) is 16.7. The highest BCUT2D eigenvalue weighted by atomic mass is 16.6. The van der Waals surface area contributed by atoms with Gasteiger partial charge in [-0.05, 0) is 18.2 Å². The number of aromatic hydroxyl groups is 4. The van der Waals surface area contributed by atoms with Gasteiger partial charge in [0.05, 0.1) is 0 Å². The van der Waals surface area contributed by atoms with Crippen LogP contribution in [0.1, 0.15) is 0 Å². The number of aliphatic hydroxyl groups excluding tert-OH is 4. The maximum Gasteiger partial charge on any atom is 0.239 e. The predicted molar refractivity (Wildman–Crippen MR) is 109 cm³/mol. The molecule has 0 radical (unpaired) electrons. The van der Waals surface area contributed by atoms with E-state index in [9.17, 15) is 45.6 Å². The molecule has 1 saturated heterocycles. The molecule has 33 heavy (non-hydrogen) atoms. The van der Waals surface area contributed by atoms with E-state index < -0.39 is 71.5 Å². The van der Waals surface area contributed by atoms with Crippen molar-refractivity contribution in [1.29, 1.82) is 0 Å². The van der Waals surface area contributed by atoms with Crippen LogP contribution in [0.5, 0.6) is 28.7 Å². The number of hydrogen-bond acceptors (Lipinski definition) is 12. The highest BCUT2D eigenvalue weighted by Crippen LogP contribution is 2.38. The van der Waals surface area contributed by atoms with E-state index in [1.54, 1.807) is 0 Å². The molecule has 176 valence electrons. The minimum atomic E-state index is -1.83. The van der Waals surface area contributed by atoms with Gasteiger partial charge in [0.1, 0.15) is 53.5 Å². The lowest BCUT2D eigenvalue weighted by Gasteiger charge is -2.38. The highest BCUT2D eigenvalue weighted by molar-refractivity contribution is 5.88. The van der Waals surface area contributed by atoms with Crippen LogP contribution in [0.4, 0.5) is 0 Å². The standard InChI is InChI=1S/C21H20O12/c22-8-4-11(25)14-12(5-8)32-19(7-1-2-9(23)10(24)3-7)20(16(14)27)31-6-13-15(26)17(28)18(29)21(30)33-13/h1-5,13,15,17-18,21-26,28-30H,6H2. The Morgan fingerprint density at radius 2 is 1.58 bits per heavy atom. The van der Waals surface area contributed by atoms with Crippen LogP contribution in [0.2, 0.25) is 0 Å². The number of hydrogen-bond donors (Lipinski definition) is 8. The zero-order valence-electron chi connectivity index (χ0n) is 16.7. The largest absolute Gasteiger partial charge is 0.508 e. The molecule has 1 aromatic heterocycles. The van der Waals surface area contributed by atoms with Crippen molar-refractivity contribution in [2.75, 3.05) is 6.61 Å². The summed E-state index contributed by atoms with van der Waals surface area (Å²) in [6.07, 6.45) is -8.39. The van der Waals surface area contributed by atoms with Crippen molar-refractivity contribution in [2.24, 2.45) is 0 Å². The molecular formula is C21H20O12. The highest BCUT2D eigenvalue weighted by Gasteiger charge is 2.43. The molecule has 8 N–H and O–H groups in total. The van der Waals surface area contributed by atoms with E-state index >= 15 is 0 Å². The van der Waals surface area contributed by atoms with Crippen molar-refractivity contribution in [3.63, 3.8) is 0 Å². The fraction of sp³-hybridized carbons (Fsp3) is 0.286. The van der Waals surface area contributed by atoms with Crippen LogP contribution >= 0.6 is 0 Å². The van der Waals surface area contributed by atoms with Crippen LogP contribution in [0.3, 0.4) is 0 Å². The molecule has 1 aliphatic heterocycles. The molecule has 0 spiro atoms. The van der Waals surface area contributed by atoms with Gasteiger partial charge in [-0.1, -0.05) is 0 Å². The summed E-state index contributed by atoms with van der Waals surface area (Å²) in [5, 5.41) is 78.2. The van der Waals surface area contributed by atoms with Crippen molar-refractivity contribution in [1.82, 2.24) is 0 Å². The van der Waals surface area contributed by atoms with Crippen LogP contribution in [0, 0.1) is 0 Å². The second-order valence-electron chi connectivity index (χ2n) is 7.48. The van der Waals surface area contributed by atoms with Crippen LogP contribution < -0.4 is 10.2 Å². The Morgan fingerprint density at radius 1 is 0.848 bits per heavy atom. The zero-order chi connectivity index (χ0) is 24.0. The second kappa shape index (κ2) is 8.42. The summed E-state index contributed by atoms with van der Waals surface area (Å²) in [4.78, 5) is 13.2. The monoisotopic (exact) mass is 464 g/mol. The third kappa shape index (κ3) is 4.01. The summed E-state index contributed by atoms with van der Waals surface area (Å²) in [7, 11) is 0. The second-order valence-corrected chi connectivity index (χ2v) is 7.48. The van der Waals surface area contributed by atoms with Gasteiger partial charge in [0.2, 0.25) is 11.2 Å². The molecule has 12 heteroatoms. The fourth-order valence-corrected chi connectivity index (χ4v) is 3.49. The van der Waals surface area contributed by atoms with Crippen LogP contribution in [0.15, 0.2) is 39.5 Å². The molecule has 0 bridgehead atoms. The van der Waals surface area contributed by atoms with E-state index in [0.29, 0.717) is 0 Å². The van der Waals surface area contributed by atoms with E-state index in [0.717, 1.165) is 24.3 Å². The van der Waals surface area contributed by atoms with E-state index in [4.69, 9.17) is 13.9 Å². The van der Waals surface area contributed by atoms with Gasteiger partial charge in [-0.25, -0.2) is 0 Å². The Bertz CT molecular complexity index is 1250. The smallest absolute Gasteiger partial charge is 0.239 e. The normalized spacial score (nSPS) is 25.3. The first-order valence-corrected chi connectivity index (χ1v) is 9.64. The Labute approximate surface area is 184 Å². The van der Waals surface area contributed by atoms with Crippen molar-refractivity contribution in [3.8, 4) is 40.1 Å². The Hall–Kier alpha value is -3.55. The maximum atomic E-state index is 13.2. The summed E-state index contributed by atoms with van der Waals surface area (Å²) in [6.45, 7) is -0.603. The van der Waals surface area contributed by atoms with Crippen molar-refractivity contribution in [3.05, 3.63) is 40.6 Å². The first-order valence-electron chi connectivity index (χ1n) is 9.64. The molecule has 2 aromatic carbocycles. The van der Waals surface area contributed by atoms with E-state index in [2.05, 4.69) is 0 Å². The van der Waals surface area contributed by atoms with Crippen LogP contribution in [0.25, 0.3) is 22.3 Å². The predicted octanol–water partition coefficient (Wildman–Crippen LogP) is -0.539. The van der Waals surface area contributed by atoms with E-state index in [1.807, 2.05) is 0 Å². The van der Waals surface area contributed by atoms with Gasteiger partial charge >= 0.3 is 0 Å². The van der Waals surface area contributed by atoms with Gasteiger partial charge in [0.15, 0.2) is 23.5 Å². The molecule has 3 aromatic rings. The number of rotatable bonds is 4. The molecule has 5 atom stereocenters. The van der Waals surface area contributed by atoms with Gasteiger partial charge in [-0.3, -0.25) is 4.79 Å². The topological polar surface area (TPSA) is 211 Å². The third-order valence-electron chi connectivity index (χ3n) is 5.23. The molecule has 0 aliphatic carbocycles. The van der Waals surface area contributed by atoms with Crippen LogP contribution in [-0.2, 0) is 4.74 Å². The van der Waals surface area contributed by atoms with Gasteiger partial charge in [0.25, 0.3) is 0 Å². The van der Waals surface area contributed by atoms with Gasteiger partial charge in [-0.2, -0.15) is 0 Å². The third-order valence-corrected chi connectivity index (χ3v) is 5.23. The van der Waals surface area contributed by atoms with Gasteiger partial charge in [-0.15, -0.1) is 0 Å². The Morgan fingerprint density at radius 3 is 2.27 bits per heavy atom. The first-order chi connectivity index (χ1) is 15.6. The summed E-state index contributed by atoms with van der Waals surface area (Å²) in [5.41, 5.74) is -1.03. The maximum absolute atomic E-state index is 13.2. The lowest BCUT2D eigenvalue weighted by atomic mass is 9.99. The quantitative estimate of drug-likeness (QED) is 0.229. The SMILES string of the molecule is O=c1c(OCC2OC(O)C(O)C(O)C2O)c(-c2ccc(O)c(O)c2)oc2cc(O)cc(O)c12. The molecule has 12 nitrogen and oxygen atoms in total. The van der Waals surface area contributed by atoms with Crippen molar-refractivity contribution >= 4 is 11.0 Å². The van der Waals surface area contributed by atoms with Crippen LogP contribution in [-0.4, -0.2) is 78.2 Å². The van der Waals surface area contributed by atoms with Crippen molar-refractivity contribution < 1.29 is 54.7 Å². The number of aliphatic hydroxyl groups is 4. The van der Waals surface area contributed by atoms with E-state index in [-0.39, 0.29) is 22.3 Å². The molecule has 1 aliphatic rings. The molecule has 2 heterocycles. The van der Waals surface area contributed by atoms with Gasteiger partial charge in [0, 0.05) is 17.7 Å². The summed E-state index contributed by atoms with van der Waals surface area (Å²) >= 11 is 0. The minimum absolute atomic E-state index is 0.0720. The fourth-order valence-electron chi connectivity index (χ4n) is 3.49. The lowest BCUT2D eigenvalue weighted by molar-refractivity contribution is -0.285. The first kappa shape index (κ1) is 22.6. The summed E-state index contributed by atoms with van der Waals surface area (Å²) < 4.78 is 16.2. The minimum Gasteiger partial charge on any atom is -0.508 e. The summed E-state index contributed by atoms with van der Waals surface area (Å²) in [5.74, 6) is -2.74. The molecule has 5 unspecified atom stereocenters. The number of ether oxygens (including phenoxy) is 2. The average Bonchev–Trinajstić information content (AvgIpc) is 2.76. The number of benzene rings is 2. The Kier molecular flexibility index (Phi) is 5.78.